The van der Waals surface area contributed by atoms with Gasteiger partial charge >= 0.3 is 0 Å². The van der Waals surface area contributed by atoms with Crippen molar-refractivity contribution in [3.8, 4) is 0 Å². The van der Waals surface area contributed by atoms with Gasteiger partial charge in [0.1, 0.15) is 0 Å². The molecule has 1 unspecified atom stereocenters. The zero-order chi connectivity index (χ0) is 22.8. The Bertz CT molecular complexity index is 1140. The number of tetrazole rings is 1. The molecule has 0 radical (unpaired) electrons. The van der Waals surface area contributed by atoms with Crippen LogP contribution in [0.1, 0.15) is 100 Å². The molecule has 7 nitrogen and oxygen atoms in total. The lowest BCUT2D eigenvalue weighted by Crippen LogP contribution is -2.39. The molecule has 2 aromatic heterocycles. The number of hydrogen-bond acceptors (Lipinski definition) is 5. The molecule has 2 aliphatic carbocycles. The molecule has 0 aliphatic heterocycles. The lowest BCUT2D eigenvalue weighted by Gasteiger charge is -2.36. The molecule has 2 aliphatic rings. The van der Waals surface area contributed by atoms with Gasteiger partial charge in [0.2, 0.25) is 0 Å². The predicted molar refractivity (Wildman–Crippen MR) is 130 cm³/mol. The lowest BCUT2D eigenvalue weighted by atomic mass is 9.95. The molecule has 176 valence electrons. The second-order valence-corrected chi connectivity index (χ2v) is 9.97. The van der Waals surface area contributed by atoms with Gasteiger partial charge in [0.15, 0.2) is 5.82 Å². The van der Waals surface area contributed by atoms with Crippen molar-refractivity contribution in [1.82, 2.24) is 30.1 Å². The number of nitrogens with zero attached hydrogens (tertiary/aromatic N) is 5. The molecule has 0 spiro atoms. The number of aromatic amines is 1. The monoisotopic (exact) mass is 448 g/mol. The molecule has 1 atom stereocenters. The third kappa shape index (κ3) is 4.47. The number of hydrogen-bond donors (Lipinski definition) is 1. The number of fused-ring (bicyclic) bond motifs is 1. The van der Waals surface area contributed by atoms with Crippen LogP contribution in [0.3, 0.4) is 0 Å². The fraction of sp³-hybridized carbons (Fsp3) is 0.615. The van der Waals surface area contributed by atoms with Crippen molar-refractivity contribution in [1.29, 1.82) is 0 Å². The molecule has 33 heavy (non-hydrogen) atoms. The number of nitrogens with one attached hydrogen (secondary N) is 1. The quantitative estimate of drug-likeness (QED) is 0.536. The van der Waals surface area contributed by atoms with Crippen molar-refractivity contribution in [2.75, 3.05) is 0 Å². The number of pyridine rings is 1. The summed E-state index contributed by atoms with van der Waals surface area (Å²) in [5.74, 6) is 0.976. The Labute approximate surface area is 195 Å². The van der Waals surface area contributed by atoms with Gasteiger partial charge < -0.3 is 4.98 Å². The van der Waals surface area contributed by atoms with Crippen molar-refractivity contribution >= 4 is 10.9 Å². The Balaban J connectivity index is 1.51. The third-order valence-electron chi connectivity index (χ3n) is 7.84. The van der Waals surface area contributed by atoms with E-state index in [0.717, 1.165) is 47.1 Å². The topological polar surface area (TPSA) is 79.7 Å². The number of aryl methyl sites for hydroxylation is 1. The molecule has 3 aromatic rings. The van der Waals surface area contributed by atoms with Crippen LogP contribution in [0.5, 0.6) is 0 Å². The summed E-state index contributed by atoms with van der Waals surface area (Å²) in [6.07, 6.45) is 11.9. The molecule has 0 amide bonds. The van der Waals surface area contributed by atoms with Gasteiger partial charge in [-0.05, 0) is 66.5 Å². The van der Waals surface area contributed by atoms with Gasteiger partial charge in [-0.2, -0.15) is 0 Å². The first kappa shape index (κ1) is 22.3. The molecule has 1 aromatic carbocycles. The van der Waals surface area contributed by atoms with E-state index >= 15 is 0 Å². The number of para-hydroxylation sites is 1. The Morgan fingerprint density at radius 3 is 2.64 bits per heavy atom. The molecular weight excluding hydrogens is 412 g/mol. The SMILES string of the molecule is CCC(c1nnnn1C1CCCCC1)N(Cc1cc2cccc(C)c2[nH]c1=O)C1CCCC1. The van der Waals surface area contributed by atoms with Crippen molar-refractivity contribution in [2.24, 2.45) is 0 Å². The molecule has 0 saturated heterocycles. The van der Waals surface area contributed by atoms with E-state index in [9.17, 15) is 4.79 Å². The zero-order valence-electron chi connectivity index (χ0n) is 20.0. The van der Waals surface area contributed by atoms with Crippen molar-refractivity contribution in [2.45, 2.75) is 103 Å². The van der Waals surface area contributed by atoms with Crippen LogP contribution in [0.15, 0.2) is 29.1 Å². The standard InChI is InChI=1S/C26H36N6O/c1-3-23(25-28-29-30-32(25)22-14-5-4-6-15-22)31(21-12-7-8-13-21)17-20-16-19-11-9-10-18(2)24(19)27-26(20)33/h9-11,16,21-23H,3-8,12-15,17H2,1-2H3,(H,27,33). The first-order valence-corrected chi connectivity index (χ1v) is 12.8. The smallest absolute Gasteiger partial charge is 0.252 e. The second-order valence-electron chi connectivity index (χ2n) is 9.97. The normalized spacial score (nSPS) is 19.0. The van der Waals surface area contributed by atoms with E-state index in [0.29, 0.717) is 18.6 Å². The highest BCUT2D eigenvalue weighted by molar-refractivity contribution is 5.81. The minimum atomic E-state index is 0.0153. The van der Waals surface area contributed by atoms with Gasteiger partial charge in [-0.15, -0.1) is 5.10 Å². The van der Waals surface area contributed by atoms with Gasteiger partial charge in [0.05, 0.1) is 17.6 Å². The van der Waals surface area contributed by atoms with Crippen LogP contribution in [0.4, 0.5) is 0 Å². The van der Waals surface area contributed by atoms with E-state index in [4.69, 9.17) is 0 Å². The van der Waals surface area contributed by atoms with Crippen LogP contribution in [-0.4, -0.2) is 36.1 Å². The predicted octanol–water partition coefficient (Wildman–Crippen LogP) is 5.22. The summed E-state index contributed by atoms with van der Waals surface area (Å²) in [6.45, 7) is 4.89. The largest absolute Gasteiger partial charge is 0.321 e. The molecule has 0 bridgehead atoms. The second kappa shape index (κ2) is 9.75. The zero-order valence-corrected chi connectivity index (χ0v) is 20.0. The maximum absolute atomic E-state index is 13.1. The van der Waals surface area contributed by atoms with Crippen LogP contribution >= 0.6 is 0 Å². The van der Waals surface area contributed by atoms with Gasteiger partial charge in [-0.25, -0.2) is 4.68 Å². The van der Waals surface area contributed by atoms with E-state index < -0.39 is 0 Å². The number of aromatic nitrogens is 5. The summed E-state index contributed by atoms with van der Waals surface area (Å²) in [5.41, 5.74) is 2.88. The highest BCUT2D eigenvalue weighted by Gasteiger charge is 2.34. The molecule has 2 saturated carbocycles. The van der Waals surface area contributed by atoms with Crippen LogP contribution in [0, 0.1) is 6.92 Å². The summed E-state index contributed by atoms with van der Waals surface area (Å²) in [5, 5.41) is 14.2. The van der Waals surface area contributed by atoms with Crippen LogP contribution in [0.2, 0.25) is 0 Å². The molecular formula is C26H36N6O. The lowest BCUT2D eigenvalue weighted by molar-refractivity contribution is 0.109. The summed E-state index contributed by atoms with van der Waals surface area (Å²) in [4.78, 5) is 18.8. The number of H-pyrrole nitrogens is 1. The highest BCUT2D eigenvalue weighted by Crippen LogP contribution is 2.36. The van der Waals surface area contributed by atoms with Gasteiger partial charge in [0.25, 0.3) is 5.56 Å². The molecule has 7 heteroatoms. The molecule has 2 heterocycles. The minimum absolute atomic E-state index is 0.0153. The summed E-state index contributed by atoms with van der Waals surface area (Å²) < 4.78 is 2.11. The average molecular weight is 449 g/mol. The highest BCUT2D eigenvalue weighted by atomic mass is 16.1. The van der Waals surface area contributed by atoms with Gasteiger partial charge in [-0.1, -0.05) is 57.2 Å². The van der Waals surface area contributed by atoms with Crippen LogP contribution < -0.4 is 5.56 Å². The Hall–Kier alpha value is -2.54. The Kier molecular flexibility index (Phi) is 6.58. The van der Waals surface area contributed by atoms with Crippen molar-refractivity contribution in [3.63, 3.8) is 0 Å². The minimum Gasteiger partial charge on any atom is -0.321 e. The summed E-state index contributed by atoms with van der Waals surface area (Å²) in [7, 11) is 0. The van der Waals surface area contributed by atoms with E-state index in [1.807, 2.05) is 13.0 Å². The summed E-state index contributed by atoms with van der Waals surface area (Å²) >= 11 is 0. The Morgan fingerprint density at radius 2 is 1.88 bits per heavy atom. The maximum Gasteiger partial charge on any atom is 0.252 e. The maximum atomic E-state index is 13.1. The van der Waals surface area contributed by atoms with Gasteiger partial charge in [-0.3, -0.25) is 9.69 Å². The number of rotatable bonds is 7. The molecule has 5 rings (SSSR count). The average Bonchev–Trinajstić information content (AvgIpc) is 3.53. The number of benzene rings is 1. The fourth-order valence-corrected chi connectivity index (χ4v) is 6.04. The first-order valence-electron chi connectivity index (χ1n) is 12.8. The van der Waals surface area contributed by atoms with Crippen LogP contribution in [0.25, 0.3) is 10.9 Å². The summed E-state index contributed by atoms with van der Waals surface area (Å²) in [6, 6.07) is 9.23. The van der Waals surface area contributed by atoms with E-state index in [1.54, 1.807) is 0 Å². The van der Waals surface area contributed by atoms with Crippen molar-refractivity contribution in [3.05, 3.63) is 51.6 Å². The van der Waals surface area contributed by atoms with Gasteiger partial charge in [0, 0.05) is 18.2 Å². The Morgan fingerprint density at radius 1 is 1.12 bits per heavy atom. The first-order chi connectivity index (χ1) is 16.2. The fourth-order valence-electron chi connectivity index (χ4n) is 6.04. The molecule has 1 N–H and O–H groups in total. The van der Waals surface area contributed by atoms with E-state index in [-0.39, 0.29) is 11.6 Å². The molecule has 2 fully saturated rings. The van der Waals surface area contributed by atoms with E-state index in [2.05, 4.69) is 55.2 Å². The third-order valence-corrected chi connectivity index (χ3v) is 7.84. The van der Waals surface area contributed by atoms with E-state index in [1.165, 1.54) is 44.9 Å². The van der Waals surface area contributed by atoms with Crippen LogP contribution in [-0.2, 0) is 6.54 Å². The van der Waals surface area contributed by atoms with Crippen molar-refractivity contribution < 1.29 is 0 Å².